The molecule has 3 aliphatic heterocycles. The molecule has 5 heteroatoms. The van der Waals surface area contributed by atoms with Crippen molar-refractivity contribution in [1.82, 2.24) is 0 Å². The Kier molecular flexibility index (Phi) is 7.02. The Morgan fingerprint density at radius 1 is 0.434 bits per heavy atom. The van der Waals surface area contributed by atoms with E-state index in [2.05, 4.69) is 199 Å². The Labute approximate surface area is 316 Å². The highest BCUT2D eigenvalue weighted by Gasteiger charge is 2.53. The molecule has 3 aliphatic rings. The normalized spacial score (nSPS) is 15.5. The lowest BCUT2D eigenvalue weighted by molar-refractivity contribution is 0.487. The van der Waals surface area contributed by atoms with Crippen LogP contribution in [0.2, 0.25) is 0 Å². The summed E-state index contributed by atoms with van der Waals surface area (Å²) < 4.78 is 6.72. The van der Waals surface area contributed by atoms with E-state index in [0.29, 0.717) is 0 Å². The number of hydrogen-bond donors (Lipinski definition) is 0. The fourth-order valence-corrected chi connectivity index (χ4v) is 20.5. The van der Waals surface area contributed by atoms with Crippen molar-refractivity contribution >= 4 is 82.0 Å². The van der Waals surface area contributed by atoms with Crippen LogP contribution in [0.1, 0.15) is 0 Å². The number of rotatable bonds is 3. The second-order valence-corrected chi connectivity index (χ2v) is 21.5. The number of ether oxygens (including phenoxy) is 1. The summed E-state index contributed by atoms with van der Waals surface area (Å²) in [7, 11) is -4.63. The zero-order chi connectivity index (χ0) is 34.9. The van der Waals surface area contributed by atoms with Crippen LogP contribution in [-0.4, -0.2) is 16.9 Å². The van der Waals surface area contributed by atoms with Crippen molar-refractivity contribution in [3.63, 3.8) is 0 Å². The van der Waals surface area contributed by atoms with Crippen LogP contribution in [0.15, 0.2) is 204 Å². The molecule has 0 saturated heterocycles. The van der Waals surface area contributed by atoms with Crippen molar-refractivity contribution in [1.29, 1.82) is 0 Å². The van der Waals surface area contributed by atoms with Gasteiger partial charge in [-0.25, -0.2) is 0 Å². The molecular formula is C48H33NOSSi2. The summed E-state index contributed by atoms with van der Waals surface area (Å²) in [5, 5.41) is 10.2. The highest BCUT2D eigenvalue weighted by molar-refractivity contribution is 7.99. The molecule has 1 spiro atoms. The van der Waals surface area contributed by atoms with Crippen LogP contribution < -0.4 is 45.9 Å². The van der Waals surface area contributed by atoms with Gasteiger partial charge in [0.25, 0.3) is 0 Å². The van der Waals surface area contributed by atoms with Crippen LogP contribution in [0.25, 0.3) is 11.1 Å². The average molecular weight is 728 g/mol. The highest BCUT2D eigenvalue weighted by Crippen LogP contribution is 2.51. The maximum absolute atomic E-state index is 6.72. The molecule has 0 fully saturated rings. The zero-order valence-electron chi connectivity index (χ0n) is 28.8. The Balaban J connectivity index is 1.13. The monoisotopic (exact) mass is 727 g/mol. The van der Waals surface area contributed by atoms with Crippen molar-refractivity contribution in [2.24, 2.45) is 0 Å². The molecule has 1 unspecified atom stereocenters. The predicted octanol–water partition coefficient (Wildman–Crippen LogP) is 7.33. The molecular weight excluding hydrogens is 695 g/mol. The van der Waals surface area contributed by atoms with Gasteiger partial charge in [0, 0.05) is 15.5 Å². The summed E-state index contributed by atoms with van der Waals surface area (Å²) in [5.74, 6) is 1.96. The first-order chi connectivity index (χ1) is 26.3. The van der Waals surface area contributed by atoms with E-state index in [1.165, 1.54) is 68.6 Å². The quantitative estimate of drug-likeness (QED) is 0.177. The molecule has 2 nitrogen and oxygen atoms in total. The van der Waals surface area contributed by atoms with E-state index in [1.807, 2.05) is 11.8 Å². The summed E-state index contributed by atoms with van der Waals surface area (Å²) in [6.45, 7) is 0. The van der Waals surface area contributed by atoms with Gasteiger partial charge in [0.1, 0.15) is 20.3 Å². The minimum Gasteiger partial charge on any atom is -0.458 e. The van der Waals surface area contributed by atoms with Gasteiger partial charge in [-0.2, -0.15) is 0 Å². The van der Waals surface area contributed by atoms with Crippen molar-refractivity contribution in [3.05, 3.63) is 194 Å². The van der Waals surface area contributed by atoms with E-state index in [4.69, 9.17) is 4.74 Å². The third-order valence-electron chi connectivity index (χ3n) is 11.3. The highest BCUT2D eigenvalue weighted by atomic mass is 32.2. The van der Waals surface area contributed by atoms with E-state index in [-0.39, 0.29) is 0 Å². The van der Waals surface area contributed by atoms with Gasteiger partial charge >= 0.3 is 0 Å². The standard InChI is InChI=1S/C48H33NOSSi2/c1-2-14-36(15-3-1)52-43-22-10-13-25-47(43)53(45-23-11-6-18-39(45)50-40-19-7-12-24-46(40)53)48-32-34(28-31-44(48)52)33-26-29-35(30-27-33)49-37-16-4-8-20-41(37)51-42-21-9-5-17-38(42)49/h1-32,52H. The minimum absolute atomic E-state index is 0.980. The molecule has 0 amide bonds. The first-order valence-electron chi connectivity index (χ1n) is 18.2. The molecule has 0 aromatic heterocycles. The van der Waals surface area contributed by atoms with Crippen LogP contribution in [0.5, 0.6) is 11.5 Å². The Bertz CT molecular complexity index is 2620. The molecule has 11 rings (SSSR count). The lowest BCUT2D eigenvalue weighted by Gasteiger charge is -2.46. The number of nitrogens with zero attached hydrogens (tertiary/aromatic N) is 1. The van der Waals surface area contributed by atoms with E-state index >= 15 is 0 Å². The number of benzene rings is 8. The van der Waals surface area contributed by atoms with Crippen LogP contribution in [-0.2, 0) is 0 Å². The van der Waals surface area contributed by atoms with Gasteiger partial charge in [-0.3, -0.25) is 0 Å². The molecule has 0 N–H and O–H groups in total. The smallest absolute Gasteiger partial charge is 0.188 e. The van der Waals surface area contributed by atoms with Gasteiger partial charge in [-0.1, -0.05) is 173 Å². The molecule has 3 heterocycles. The Morgan fingerprint density at radius 3 is 1.64 bits per heavy atom. The first-order valence-corrected chi connectivity index (χ1v) is 22.8. The third-order valence-corrected chi connectivity index (χ3v) is 21.2. The second kappa shape index (κ2) is 12.1. The van der Waals surface area contributed by atoms with Crippen molar-refractivity contribution in [2.45, 2.75) is 9.79 Å². The third kappa shape index (κ3) is 4.58. The fraction of sp³-hybridized carbons (Fsp3) is 0. The number of para-hydroxylation sites is 4. The molecule has 0 bridgehead atoms. The molecule has 8 aromatic rings. The summed E-state index contributed by atoms with van der Waals surface area (Å²) in [4.78, 5) is 4.95. The summed E-state index contributed by atoms with van der Waals surface area (Å²) >= 11 is 1.85. The SMILES string of the molecule is c1ccc([SiH]2c3ccccc3[Si]3(c4ccccc4Oc4ccccc43)c3cc(-c4ccc(N5c6ccccc6Sc6ccccc65)cc4)ccc32)cc1. The maximum atomic E-state index is 6.72. The molecule has 0 aliphatic carbocycles. The summed E-state index contributed by atoms with van der Waals surface area (Å²) in [5.41, 5.74) is 6.07. The fourth-order valence-electron chi connectivity index (χ4n) is 9.08. The number of fused-ring (bicyclic) bond motifs is 10. The van der Waals surface area contributed by atoms with Gasteiger partial charge in [0.15, 0.2) is 8.07 Å². The molecule has 8 aromatic carbocycles. The van der Waals surface area contributed by atoms with E-state index in [9.17, 15) is 0 Å². The molecule has 53 heavy (non-hydrogen) atoms. The maximum Gasteiger partial charge on any atom is 0.188 e. The van der Waals surface area contributed by atoms with Crippen molar-refractivity contribution in [2.75, 3.05) is 4.90 Å². The average Bonchev–Trinajstić information content (AvgIpc) is 3.23. The second-order valence-electron chi connectivity index (χ2n) is 14.0. The Hall–Kier alpha value is -5.86. The van der Waals surface area contributed by atoms with Crippen LogP contribution >= 0.6 is 11.8 Å². The van der Waals surface area contributed by atoms with Gasteiger partial charge in [0.2, 0.25) is 0 Å². The van der Waals surface area contributed by atoms with E-state index in [1.54, 1.807) is 0 Å². The van der Waals surface area contributed by atoms with Gasteiger partial charge in [-0.15, -0.1) is 0 Å². The molecule has 0 radical (unpaired) electrons. The van der Waals surface area contributed by atoms with Crippen LogP contribution in [0, 0.1) is 0 Å². The van der Waals surface area contributed by atoms with Crippen molar-refractivity contribution in [3.8, 4) is 22.6 Å². The number of anilines is 3. The summed E-state index contributed by atoms with van der Waals surface area (Å²) in [6, 6.07) is 72.4. The number of hydrogen-bond acceptors (Lipinski definition) is 3. The lowest BCUT2D eigenvalue weighted by Crippen LogP contribution is -2.87. The predicted molar refractivity (Wildman–Crippen MR) is 227 cm³/mol. The largest absolute Gasteiger partial charge is 0.458 e. The van der Waals surface area contributed by atoms with Crippen LogP contribution in [0.4, 0.5) is 17.1 Å². The van der Waals surface area contributed by atoms with Crippen molar-refractivity contribution < 1.29 is 4.74 Å². The first kappa shape index (κ1) is 30.7. The molecule has 1 atom stereocenters. The minimum atomic E-state index is -2.81. The van der Waals surface area contributed by atoms with E-state index < -0.39 is 16.9 Å². The Morgan fingerprint density at radius 2 is 0.962 bits per heavy atom. The van der Waals surface area contributed by atoms with E-state index in [0.717, 1.165) is 17.2 Å². The molecule has 0 saturated carbocycles. The lowest BCUT2D eigenvalue weighted by atomic mass is 10.0. The van der Waals surface area contributed by atoms with Crippen LogP contribution in [0.3, 0.4) is 0 Å². The van der Waals surface area contributed by atoms with Gasteiger partial charge in [0.05, 0.1) is 11.4 Å². The van der Waals surface area contributed by atoms with Gasteiger partial charge in [-0.05, 0) is 80.4 Å². The topological polar surface area (TPSA) is 12.5 Å². The molecule has 250 valence electrons. The van der Waals surface area contributed by atoms with Gasteiger partial charge < -0.3 is 9.64 Å². The summed E-state index contributed by atoms with van der Waals surface area (Å²) in [6.07, 6.45) is 0. The zero-order valence-corrected chi connectivity index (χ0v) is 31.8.